The highest BCUT2D eigenvalue weighted by molar-refractivity contribution is 5.98. The highest BCUT2D eigenvalue weighted by atomic mass is 16.3. The van der Waals surface area contributed by atoms with Crippen LogP contribution in [0.3, 0.4) is 0 Å². The Kier molecular flexibility index (Phi) is 2.55. The van der Waals surface area contributed by atoms with Crippen LogP contribution < -0.4 is 0 Å². The van der Waals surface area contributed by atoms with Gasteiger partial charge in [-0.25, -0.2) is 0 Å². The molecule has 82 valence electrons. The van der Waals surface area contributed by atoms with Gasteiger partial charge in [-0.1, -0.05) is 24.1 Å². The van der Waals surface area contributed by atoms with E-state index in [1.807, 2.05) is 0 Å². The molecule has 15 heavy (non-hydrogen) atoms. The molecule has 1 atom stereocenters. The zero-order chi connectivity index (χ0) is 11.1. The first kappa shape index (κ1) is 10.6. The van der Waals surface area contributed by atoms with Gasteiger partial charge in [-0.05, 0) is 26.2 Å². The summed E-state index contributed by atoms with van der Waals surface area (Å²) in [5.41, 5.74) is 3.41. The summed E-state index contributed by atoms with van der Waals surface area (Å²) in [5.74, 6) is 0.155. The number of carbonyl (C=O) groups excluding carboxylic acids is 1. The first-order valence-electron chi connectivity index (χ1n) is 5.65. The monoisotopic (exact) mass is 206 g/mol. The molecule has 2 rings (SSSR count). The van der Waals surface area contributed by atoms with Gasteiger partial charge in [-0.2, -0.15) is 0 Å². The zero-order valence-corrected chi connectivity index (χ0v) is 9.47. The summed E-state index contributed by atoms with van der Waals surface area (Å²) in [6, 6.07) is 0. The SMILES string of the molecule is C/C=C1\CCC2=C(CO)C(=O)CC[C@]21C. The zero-order valence-electron chi connectivity index (χ0n) is 9.47. The molecule has 0 heterocycles. The fourth-order valence-electron chi connectivity index (χ4n) is 3.13. The van der Waals surface area contributed by atoms with Crippen LogP contribution in [-0.2, 0) is 4.79 Å². The second-order valence-corrected chi connectivity index (χ2v) is 4.68. The summed E-state index contributed by atoms with van der Waals surface area (Å²) in [6.45, 7) is 4.20. The van der Waals surface area contributed by atoms with Crippen molar-refractivity contribution in [3.8, 4) is 0 Å². The fraction of sp³-hybridized carbons (Fsp3) is 0.615. The number of carbonyl (C=O) groups is 1. The largest absolute Gasteiger partial charge is 0.392 e. The van der Waals surface area contributed by atoms with Crippen LogP contribution in [0, 0.1) is 5.41 Å². The van der Waals surface area contributed by atoms with Crippen molar-refractivity contribution in [2.24, 2.45) is 5.41 Å². The highest BCUT2D eigenvalue weighted by Gasteiger charge is 2.43. The number of aliphatic hydroxyl groups is 1. The number of hydrogen-bond acceptors (Lipinski definition) is 2. The minimum absolute atomic E-state index is 0.0702. The van der Waals surface area contributed by atoms with E-state index < -0.39 is 0 Å². The Morgan fingerprint density at radius 1 is 1.40 bits per heavy atom. The molecule has 0 aromatic rings. The highest BCUT2D eigenvalue weighted by Crippen LogP contribution is 2.53. The minimum Gasteiger partial charge on any atom is -0.392 e. The Bertz CT molecular complexity index is 363. The Labute approximate surface area is 90.7 Å². The van der Waals surface area contributed by atoms with Gasteiger partial charge in [0.05, 0.1) is 6.61 Å². The fourth-order valence-corrected chi connectivity index (χ4v) is 3.13. The van der Waals surface area contributed by atoms with Gasteiger partial charge in [0.15, 0.2) is 5.78 Å². The van der Waals surface area contributed by atoms with Gasteiger partial charge < -0.3 is 5.11 Å². The molecule has 0 aromatic carbocycles. The molecule has 0 bridgehead atoms. The molecule has 0 spiro atoms. The second kappa shape index (κ2) is 3.60. The number of hydrogen-bond donors (Lipinski definition) is 1. The standard InChI is InChI=1S/C13H18O2/c1-3-9-4-5-11-10(8-14)12(15)6-7-13(9,11)2/h3,14H,4-8H2,1-2H3/b9-3+/t13-/m0/s1. The van der Waals surface area contributed by atoms with Crippen LogP contribution in [0.5, 0.6) is 0 Å². The Hall–Kier alpha value is -0.890. The molecule has 2 aliphatic carbocycles. The molecule has 2 heteroatoms. The third-order valence-electron chi connectivity index (χ3n) is 4.08. The maximum absolute atomic E-state index is 11.7. The Balaban J connectivity index is 2.53. The van der Waals surface area contributed by atoms with Crippen molar-refractivity contribution in [1.29, 1.82) is 0 Å². The molecule has 0 aromatic heterocycles. The Morgan fingerprint density at radius 2 is 2.13 bits per heavy atom. The maximum atomic E-state index is 11.7. The molecule has 2 nitrogen and oxygen atoms in total. The van der Waals surface area contributed by atoms with Gasteiger partial charge in [0.1, 0.15) is 0 Å². The van der Waals surface area contributed by atoms with E-state index in [0.717, 1.165) is 19.3 Å². The molecule has 0 amide bonds. The molecular weight excluding hydrogens is 188 g/mol. The summed E-state index contributed by atoms with van der Waals surface area (Å²) in [4.78, 5) is 11.7. The van der Waals surface area contributed by atoms with Crippen LogP contribution in [0.2, 0.25) is 0 Å². The van der Waals surface area contributed by atoms with E-state index in [0.29, 0.717) is 12.0 Å². The van der Waals surface area contributed by atoms with Crippen molar-refractivity contribution >= 4 is 5.78 Å². The van der Waals surface area contributed by atoms with Crippen molar-refractivity contribution in [2.75, 3.05) is 6.61 Å². The van der Waals surface area contributed by atoms with Gasteiger partial charge in [-0.15, -0.1) is 0 Å². The normalized spacial score (nSPS) is 33.8. The third kappa shape index (κ3) is 1.39. The summed E-state index contributed by atoms with van der Waals surface area (Å²) >= 11 is 0. The van der Waals surface area contributed by atoms with Crippen LogP contribution in [-0.4, -0.2) is 17.5 Å². The topological polar surface area (TPSA) is 37.3 Å². The van der Waals surface area contributed by atoms with E-state index in [9.17, 15) is 9.90 Å². The maximum Gasteiger partial charge on any atom is 0.161 e. The van der Waals surface area contributed by atoms with E-state index in [1.54, 1.807) is 0 Å². The van der Waals surface area contributed by atoms with Crippen LogP contribution in [0.1, 0.15) is 39.5 Å². The van der Waals surface area contributed by atoms with Crippen molar-refractivity contribution < 1.29 is 9.90 Å². The first-order chi connectivity index (χ1) is 7.13. The van der Waals surface area contributed by atoms with Gasteiger partial charge >= 0.3 is 0 Å². The molecule has 0 aliphatic heterocycles. The average molecular weight is 206 g/mol. The number of ketones is 1. The minimum atomic E-state index is -0.0826. The lowest BCUT2D eigenvalue weighted by Crippen LogP contribution is -2.27. The molecule has 1 saturated carbocycles. The molecule has 0 radical (unpaired) electrons. The molecule has 0 saturated heterocycles. The second-order valence-electron chi connectivity index (χ2n) is 4.68. The van der Waals surface area contributed by atoms with E-state index in [2.05, 4.69) is 19.9 Å². The Morgan fingerprint density at radius 3 is 2.73 bits per heavy atom. The summed E-state index contributed by atoms with van der Waals surface area (Å²) in [5, 5.41) is 9.28. The molecule has 2 aliphatic rings. The van der Waals surface area contributed by atoms with Crippen molar-refractivity contribution in [3.63, 3.8) is 0 Å². The first-order valence-corrected chi connectivity index (χ1v) is 5.65. The number of Topliss-reactive ketones (excluding diaryl/α,β-unsaturated/α-hetero) is 1. The number of allylic oxidation sites excluding steroid dienone is 3. The van der Waals surface area contributed by atoms with Crippen molar-refractivity contribution in [3.05, 3.63) is 22.8 Å². The van der Waals surface area contributed by atoms with Crippen LogP contribution in [0.4, 0.5) is 0 Å². The van der Waals surface area contributed by atoms with E-state index in [4.69, 9.17) is 0 Å². The lowest BCUT2D eigenvalue weighted by atomic mass is 9.70. The molecule has 0 unspecified atom stereocenters. The predicted octanol–water partition coefficient (Wildman–Crippen LogP) is 2.38. The molecule has 1 N–H and O–H groups in total. The molecular formula is C13H18O2. The van der Waals surface area contributed by atoms with E-state index in [1.165, 1.54) is 11.1 Å². The number of fused-ring (bicyclic) bond motifs is 1. The third-order valence-corrected chi connectivity index (χ3v) is 4.08. The quantitative estimate of drug-likeness (QED) is 0.669. The summed E-state index contributed by atoms with van der Waals surface area (Å²) < 4.78 is 0. The van der Waals surface area contributed by atoms with Crippen LogP contribution in [0.15, 0.2) is 22.8 Å². The van der Waals surface area contributed by atoms with Gasteiger partial charge in [-0.3, -0.25) is 4.79 Å². The van der Waals surface area contributed by atoms with E-state index in [-0.39, 0.29) is 17.8 Å². The van der Waals surface area contributed by atoms with Gasteiger partial charge in [0.25, 0.3) is 0 Å². The lowest BCUT2D eigenvalue weighted by Gasteiger charge is -2.33. The molecule has 1 fully saturated rings. The lowest BCUT2D eigenvalue weighted by molar-refractivity contribution is -0.117. The number of aliphatic hydroxyl groups excluding tert-OH is 1. The summed E-state index contributed by atoms with van der Waals surface area (Å²) in [6.07, 6.45) is 5.70. The van der Waals surface area contributed by atoms with Crippen molar-refractivity contribution in [2.45, 2.75) is 39.5 Å². The summed E-state index contributed by atoms with van der Waals surface area (Å²) in [7, 11) is 0. The van der Waals surface area contributed by atoms with Gasteiger partial charge in [0, 0.05) is 17.4 Å². The smallest absolute Gasteiger partial charge is 0.161 e. The van der Waals surface area contributed by atoms with Crippen LogP contribution >= 0.6 is 0 Å². The average Bonchev–Trinajstić information content (AvgIpc) is 2.56. The van der Waals surface area contributed by atoms with E-state index >= 15 is 0 Å². The van der Waals surface area contributed by atoms with Crippen molar-refractivity contribution in [1.82, 2.24) is 0 Å². The predicted molar refractivity (Wildman–Crippen MR) is 59.5 cm³/mol. The van der Waals surface area contributed by atoms with Gasteiger partial charge in [0.2, 0.25) is 0 Å². The number of rotatable bonds is 1. The van der Waals surface area contributed by atoms with Crippen LogP contribution in [0.25, 0.3) is 0 Å².